The smallest absolute Gasteiger partial charge is 0.344 e. The van der Waals surface area contributed by atoms with E-state index in [1.165, 1.54) is 12.1 Å². The molecular weight excluding hydrogens is 269 g/mol. The average Bonchev–Trinajstić information content (AvgIpc) is 2.54. The van der Waals surface area contributed by atoms with Crippen molar-refractivity contribution in [2.24, 2.45) is 0 Å². The van der Waals surface area contributed by atoms with Crippen LogP contribution in [0.2, 0.25) is 0 Å². The summed E-state index contributed by atoms with van der Waals surface area (Å²) in [6.45, 7) is 1.85. The lowest BCUT2D eigenvalue weighted by Gasteiger charge is -2.22. The summed E-state index contributed by atoms with van der Waals surface area (Å²) in [6.07, 6.45) is -3.99. The molecule has 0 aliphatic carbocycles. The standard InChI is InChI=1S/C14H17F3N2O/c1-18-8-9-19(7-6-13(18)20)10-11-4-2-3-5-12(11)14(15,16)17/h2-5H,6-10H2,1H3. The zero-order valence-corrected chi connectivity index (χ0v) is 11.3. The summed E-state index contributed by atoms with van der Waals surface area (Å²) < 4.78 is 38.8. The number of carbonyl (C=O) groups excluding carboxylic acids is 1. The van der Waals surface area contributed by atoms with Crippen molar-refractivity contribution in [1.82, 2.24) is 9.80 Å². The molecule has 3 nitrogen and oxygen atoms in total. The van der Waals surface area contributed by atoms with Crippen LogP contribution in [-0.2, 0) is 17.5 Å². The summed E-state index contributed by atoms with van der Waals surface area (Å²) in [7, 11) is 1.72. The van der Waals surface area contributed by atoms with Gasteiger partial charge >= 0.3 is 6.18 Å². The molecule has 1 aliphatic rings. The van der Waals surface area contributed by atoms with E-state index in [0.717, 1.165) is 6.07 Å². The summed E-state index contributed by atoms with van der Waals surface area (Å²) in [6, 6.07) is 5.61. The molecule has 1 aromatic carbocycles. The normalized spacial score (nSPS) is 18.2. The number of nitrogens with zero attached hydrogens (tertiary/aromatic N) is 2. The van der Waals surface area contributed by atoms with Gasteiger partial charge in [0.1, 0.15) is 0 Å². The monoisotopic (exact) mass is 286 g/mol. The number of rotatable bonds is 2. The van der Waals surface area contributed by atoms with E-state index in [0.29, 0.717) is 26.1 Å². The van der Waals surface area contributed by atoms with Crippen LogP contribution >= 0.6 is 0 Å². The molecule has 2 rings (SSSR count). The van der Waals surface area contributed by atoms with E-state index in [1.807, 2.05) is 4.90 Å². The van der Waals surface area contributed by atoms with Crippen molar-refractivity contribution in [3.05, 3.63) is 35.4 Å². The molecule has 1 fully saturated rings. The largest absolute Gasteiger partial charge is 0.416 e. The number of likely N-dealkylation sites (N-methyl/N-ethyl adjacent to an activating group) is 1. The van der Waals surface area contributed by atoms with Gasteiger partial charge in [-0.1, -0.05) is 18.2 Å². The summed E-state index contributed by atoms with van der Waals surface area (Å²) in [5.74, 6) is 0.0385. The quantitative estimate of drug-likeness (QED) is 0.833. The van der Waals surface area contributed by atoms with E-state index in [-0.39, 0.29) is 18.0 Å². The van der Waals surface area contributed by atoms with Crippen molar-refractivity contribution >= 4 is 5.91 Å². The van der Waals surface area contributed by atoms with Gasteiger partial charge in [-0.15, -0.1) is 0 Å². The minimum absolute atomic E-state index is 0.0385. The summed E-state index contributed by atoms with van der Waals surface area (Å²) in [5.41, 5.74) is -0.332. The third-order valence-corrected chi connectivity index (χ3v) is 3.54. The highest BCUT2D eigenvalue weighted by Gasteiger charge is 2.33. The van der Waals surface area contributed by atoms with Crippen LogP contribution < -0.4 is 0 Å². The molecule has 0 unspecified atom stereocenters. The van der Waals surface area contributed by atoms with Crippen LogP contribution in [0.4, 0.5) is 13.2 Å². The summed E-state index contributed by atoms with van der Waals surface area (Å²) in [4.78, 5) is 15.1. The van der Waals surface area contributed by atoms with Gasteiger partial charge in [0.25, 0.3) is 0 Å². The SMILES string of the molecule is CN1CCN(Cc2ccccc2C(F)(F)F)CCC1=O. The van der Waals surface area contributed by atoms with E-state index < -0.39 is 11.7 Å². The van der Waals surface area contributed by atoms with Gasteiger partial charge in [0.2, 0.25) is 5.91 Å². The highest BCUT2D eigenvalue weighted by Crippen LogP contribution is 2.32. The van der Waals surface area contributed by atoms with E-state index in [4.69, 9.17) is 0 Å². The van der Waals surface area contributed by atoms with Crippen LogP contribution in [0.3, 0.4) is 0 Å². The topological polar surface area (TPSA) is 23.6 Å². The van der Waals surface area contributed by atoms with E-state index in [2.05, 4.69) is 0 Å². The van der Waals surface area contributed by atoms with Crippen LogP contribution in [0.25, 0.3) is 0 Å². The fourth-order valence-corrected chi connectivity index (χ4v) is 2.31. The Balaban J connectivity index is 2.12. The van der Waals surface area contributed by atoms with Gasteiger partial charge in [-0.05, 0) is 11.6 Å². The molecule has 0 spiro atoms. The van der Waals surface area contributed by atoms with Crippen molar-refractivity contribution in [2.45, 2.75) is 19.1 Å². The Morgan fingerprint density at radius 1 is 1.15 bits per heavy atom. The minimum atomic E-state index is -4.34. The third-order valence-electron chi connectivity index (χ3n) is 3.54. The second-order valence-corrected chi connectivity index (χ2v) is 5.00. The lowest BCUT2D eigenvalue weighted by atomic mass is 10.1. The molecule has 1 amide bonds. The zero-order chi connectivity index (χ0) is 14.8. The number of hydrogen-bond acceptors (Lipinski definition) is 2. The average molecular weight is 286 g/mol. The first-order valence-corrected chi connectivity index (χ1v) is 6.49. The van der Waals surface area contributed by atoms with E-state index >= 15 is 0 Å². The van der Waals surface area contributed by atoms with Crippen molar-refractivity contribution in [3.63, 3.8) is 0 Å². The Labute approximate surface area is 116 Å². The van der Waals surface area contributed by atoms with Crippen LogP contribution in [0.1, 0.15) is 17.5 Å². The van der Waals surface area contributed by atoms with Gasteiger partial charge in [-0.3, -0.25) is 9.69 Å². The fraction of sp³-hybridized carbons (Fsp3) is 0.500. The molecule has 110 valence electrons. The van der Waals surface area contributed by atoms with Gasteiger partial charge in [-0.25, -0.2) is 0 Å². The Bertz CT molecular complexity index is 488. The van der Waals surface area contributed by atoms with Crippen molar-refractivity contribution < 1.29 is 18.0 Å². The molecule has 0 radical (unpaired) electrons. The van der Waals surface area contributed by atoms with Crippen LogP contribution in [-0.4, -0.2) is 42.4 Å². The maximum atomic E-state index is 12.9. The van der Waals surface area contributed by atoms with Gasteiger partial charge in [-0.2, -0.15) is 13.2 Å². The molecule has 0 saturated carbocycles. The molecule has 0 bridgehead atoms. The Morgan fingerprint density at radius 3 is 2.55 bits per heavy atom. The highest BCUT2D eigenvalue weighted by atomic mass is 19.4. The molecule has 1 aromatic rings. The Kier molecular flexibility index (Phi) is 4.32. The van der Waals surface area contributed by atoms with Crippen molar-refractivity contribution in [3.8, 4) is 0 Å². The fourth-order valence-electron chi connectivity index (χ4n) is 2.31. The molecule has 1 aliphatic heterocycles. The van der Waals surface area contributed by atoms with Gasteiger partial charge in [0.05, 0.1) is 5.56 Å². The Hall–Kier alpha value is -1.56. The molecule has 1 heterocycles. The number of alkyl halides is 3. The first-order chi connectivity index (χ1) is 9.38. The Morgan fingerprint density at radius 2 is 1.85 bits per heavy atom. The molecule has 1 saturated heterocycles. The molecule has 0 N–H and O–H groups in total. The number of amides is 1. The lowest BCUT2D eigenvalue weighted by Crippen LogP contribution is -2.30. The second-order valence-electron chi connectivity index (χ2n) is 5.00. The molecular formula is C14H17F3N2O. The van der Waals surface area contributed by atoms with Gasteiger partial charge in [0, 0.05) is 39.6 Å². The van der Waals surface area contributed by atoms with Crippen LogP contribution in [0.5, 0.6) is 0 Å². The van der Waals surface area contributed by atoms with Crippen molar-refractivity contribution in [1.29, 1.82) is 0 Å². The van der Waals surface area contributed by atoms with E-state index in [1.54, 1.807) is 18.0 Å². The molecule has 0 atom stereocenters. The highest BCUT2D eigenvalue weighted by molar-refractivity contribution is 5.76. The molecule has 6 heteroatoms. The molecule has 20 heavy (non-hydrogen) atoms. The van der Waals surface area contributed by atoms with Crippen molar-refractivity contribution in [2.75, 3.05) is 26.7 Å². The van der Waals surface area contributed by atoms with E-state index in [9.17, 15) is 18.0 Å². The number of carbonyl (C=O) groups is 1. The predicted molar refractivity (Wildman–Crippen MR) is 69.0 cm³/mol. The van der Waals surface area contributed by atoms with Gasteiger partial charge < -0.3 is 4.90 Å². The lowest BCUT2D eigenvalue weighted by molar-refractivity contribution is -0.138. The maximum Gasteiger partial charge on any atom is 0.416 e. The number of halogens is 3. The maximum absolute atomic E-state index is 12.9. The minimum Gasteiger partial charge on any atom is -0.344 e. The third kappa shape index (κ3) is 3.50. The van der Waals surface area contributed by atoms with Crippen LogP contribution in [0, 0.1) is 0 Å². The zero-order valence-electron chi connectivity index (χ0n) is 11.3. The predicted octanol–water partition coefficient (Wildman–Crippen LogP) is 2.37. The number of benzene rings is 1. The van der Waals surface area contributed by atoms with Crippen LogP contribution in [0.15, 0.2) is 24.3 Å². The summed E-state index contributed by atoms with van der Waals surface area (Å²) >= 11 is 0. The molecule has 0 aromatic heterocycles. The number of hydrogen-bond donors (Lipinski definition) is 0. The second kappa shape index (κ2) is 5.83. The van der Waals surface area contributed by atoms with Gasteiger partial charge in [0.15, 0.2) is 0 Å². The summed E-state index contributed by atoms with van der Waals surface area (Å²) in [5, 5.41) is 0. The first kappa shape index (κ1) is 14.8. The first-order valence-electron chi connectivity index (χ1n) is 6.49.